The number of primary amides is 1. The summed E-state index contributed by atoms with van der Waals surface area (Å²) in [5, 5.41) is 6.21. The standard InChI is InChI=1S/C25H24N4O5/c1-16-5-3-4-6-19(16)15-34-21-12-7-17(13-22(21)33-2)14-27-29-25(32)24(31)28-20-10-8-18(9-11-20)23(26)30/h3-14H,15H2,1-2H3,(H2,26,30)(H,28,31)(H,29,32)/b27-14+. The summed E-state index contributed by atoms with van der Waals surface area (Å²) in [6.45, 7) is 2.41. The van der Waals surface area contributed by atoms with Crippen molar-refractivity contribution in [2.24, 2.45) is 10.8 Å². The van der Waals surface area contributed by atoms with Gasteiger partial charge in [0.15, 0.2) is 11.5 Å². The van der Waals surface area contributed by atoms with E-state index in [2.05, 4.69) is 15.8 Å². The first kappa shape index (κ1) is 24.0. The van der Waals surface area contributed by atoms with Gasteiger partial charge in [0.05, 0.1) is 13.3 Å². The number of hydrazone groups is 1. The van der Waals surface area contributed by atoms with E-state index >= 15 is 0 Å². The minimum atomic E-state index is -0.958. The van der Waals surface area contributed by atoms with Crippen molar-refractivity contribution >= 4 is 29.6 Å². The highest BCUT2D eigenvalue weighted by atomic mass is 16.5. The fraction of sp³-hybridized carbons (Fsp3) is 0.120. The molecule has 0 unspecified atom stereocenters. The number of carbonyl (C=O) groups is 3. The average Bonchev–Trinajstić information content (AvgIpc) is 2.84. The Hall–Kier alpha value is -4.66. The number of nitrogens with zero attached hydrogens (tertiary/aromatic N) is 1. The summed E-state index contributed by atoms with van der Waals surface area (Å²) in [6, 6.07) is 18.9. The Balaban J connectivity index is 1.56. The first-order valence-electron chi connectivity index (χ1n) is 10.3. The molecular weight excluding hydrogens is 436 g/mol. The van der Waals surface area contributed by atoms with Gasteiger partial charge >= 0.3 is 11.8 Å². The van der Waals surface area contributed by atoms with Crippen molar-refractivity contribution in [2.75, 3.05) is 12.4 Å². The average molecular weight is 460 g/mol. The number of nitrogens with one attached hydrogen (secondary N) is 2. The van der Waals surface area contributed by atoms with Gasteiger partial charge in [-0.3, -0.25) is 14.4 Å². The van der Waals surface area contributed by atoms with Crippen molar-refractivity contribution in [1.82, 2.24) is 5.43 Å². The molecule has 0 saturated heterocycles. The molecule has 0 bridgehead atoms. The maximum Gasteiger partial charge on any atom is 0.329 e. The van der Waals surface area contributed by atoms with Gasteiger partial charge < -0.3 is 20.5 Å². The number of ether oxygens (including phenoxy) is 2. The number of benzene rings is 3. The van der Waals surface area contributed by atoms with Gasteiger partial charge in [-0.25, -0.2) is 5.43 Å². The molecule has 9 nitrogen and oxygen atoms in total. The molecule has 3 aromatic rings. The Kier molecular flexibility index (Phi) is 7.96. The maximum atomic E-state index is 12.0. The third-order valence-electron chi connectivity index (χ3n) is 4.85. The van der Waals surface area contributed by atoms with E-state index in [9.17, 15) is 14.4 Å². The summed E-state index contributed by atoms with van der Waals surface area (Å²) in [7, 11) is 1.53. The van der Waals surface area contributed by atoms with Gasteiger partial charge in [0.2, 0.25) is 5.91 Å². The Morgan fingerprint density at radius 3 is 2.38 bits per heavy atom. The molecule has 0 aromatic heterocycles. The Morgan fingerprint density at radius 1 is 0.971 bits per heavy atom. The van der Waals surface area contributed by atoms with Crippen LogP contribution in [0.25, 0.3) is 0 Å². The van der Waals surface area contributed by atoms with Gasteiger partial charge in [-0.15, -0.1) is 0 Å². The highest BCUT2D eigenvalue weighted by Crippen LogP contribution is 2.28. The largest absolute Gasteiger partial charge is 0.493 e. The van der Waals surface area contributed by atoms with Gasteiger partial charge in [0.1, 0.15) is 6.61 Å². The molecule has 0 spiro atoms. The number of anilines is 1. The van der Waals surface area contributed by atoms with E-state index in [1.54, 1.807) is 18.2 Å². The van der Waals surface area contributed by atoms with E-state index in [1.165, 1.54) is 37.6 Å². The molecule has 0 radical (unpaired) electrons. The molecule has 3 amide bonds. The highest BCUT2D eigenvalue weighted by Gasteiger charge is 2.13. The Bertz CT molecular complexity index is 1220. The molecule has 0 aliphatic rings. The van der Waals surface area contributed by atoms with Crippen LogP contribution in [0.15, 0.2) is 71.8 Å². The molecule has 174 valence electrons. The zero-order valence-electron chi connectivity index (χ0n) is 18.7. The number of amides is 3. The topological polar surface area (TPSA) is 132 Å². The molecule has 0 fully saturated rings. The van der Waals surface area contributed by atoms with Gasteiger partial charge in [-0.05, 0) is 66.1 Å². The van der Waals surface area contributed by atoms with Crippen molar-refractivity contribution in [3.8, 4) is 11.5 Å². The molecule has 0 heterocycles. The second kappa shape index (κ2) is 11.3. The molecule has 0 saturated carbocycles. The number of rotatable bonds is 8. The lowest BCUT2D eigenvalue weighted by molar-refractivity contribution is -0.136. The van der Waals surface area contributed by atoms with Gasteiger partial charge in [0, 0.05) is 11.3 Å². The maximum absolute atomic E-state index is 12.0. The summed E-state index contributed by atoms with van der Waals surface area (Å²) in [5.41, 5.74) is 10.8. The molecule has 0 atom stereocenters. The number of carbonyl (C=O) groups excluding carboxylic acids is 3. The fourth-order valence-electron chi connectivity index (χ4n) is 2.93. The number of hydrogen-bond donors (Lipinski definition) is 3. The summed E-state index contributed by atoms with van der Waals surface area (Å²) in [6.07, 6.45) is 1.38. The third-order valence-corrected chi connectivity index (χ3v) is 4.85. The highest BCUT2D eigenvalue weighted by molar-refractivity contribution is 6.39. The van der Waals surface area contributed by atoms with Crippen LogP contribution in [0, 0.1) is 6.92 Å². The SMILES string of the molecule is COc1cc(/C=N/NC(=O)C(=O)Nc2ccc(C(N)=O)cc2)ccc1OCc1ccccc1C. The fourth-order valence-corrected chi connectivity index (χ4v) is 2.93. The predicted molar refractivity (Wildman–Crippen MR) is 128 cm³/mol. The zero-order valence-corrected chi connectivity index (χ0v) is 18.7. The van der Waals surface area contributed by atoms with Crippen LogP contribution in [0.5, 0.6) is 11.5 Å². The lowest BCUT2D eigenvalue weighted by Gasteiger charge is -2.12. The van der Waals surface area contributed by atoms with Crippen LogP contribution < -0.4 is 25.9 Å². The molecule has 0 aliphatic heterocycles. The van der Waals surface area contributed by atoms with E-state index in [0.29, 0.717) is 29.4 Å². The molecular formula is C25H24N4O5. The summed E-state index contributed by atoms with van der Waals surface area (Å²) < 4.78 is 11.3. The summed E-state index contributed by atoms with van der Waals surface area (Å²) in [5.74, 6) is -1.40. The van der Waals surface area contributed by atoms with Crippen molar-refractivity contribution in [2.45, 2.75) is 13.5 Å². The van der Waals surface area contributed by atoms with Crippen LogP contribution >= 0.6 is 0 Å². The van der Waals surface area contributed by atoms with Crippen LogP contribution in [0.4, 0.5) is 5.69 Å². The molecule has 9 heteroatoms. The van der Waals surface area contributed by atoms with Crippen molar-refractivity contribution in [1.29, 1.82) is 0 Å². The molecule has 3 aromatic carbocycles. The Labute approximate surface area is 196 Å². The van der Waals surface area contributed by atoms with Crippen LogP contribution in [0.3, 0.4) is 0 Å². The third kappa shape index (κ3) is 6.42. The number of hydrogen-bond acceptors (Lipinski definition) is 6. The second-order valence-electron chi connectivity index (χ2n) is 7.22. The van der Waals surface area contributed by atoms with Crippen molar-refractivity contribution in [3.63, 3.8) is 0 Å². The first-order valence-corrected chi connectivity index (χ1v) is 10.3. The summed E-state index contributed by atoms with van der Waals surface area (Å²) in [4.78, 5) is 35.1. The quantitative estimate of drug-likeness (QED) is 0.270. The number of methoxy groups -OCH3 is 1. The lowest BCUT2D eigenvalue weighted by atomic mass is 10.1. The lowest BCUT2D eigenvalue weighted by Crippen LogP contribution is -2.32. The zero-order chi connectivity index (χ0) is 24.5. The van der Waals surface area contributed by atoms with Crippen molar-refractivity contribution < 1.29 is 23.9 Å². The van der Waals surface area contributed by atoms with Crippen LogP contribution in [0.2, 0.25) is 0 Å². The molecule has 4 N–H and O–H groups in total. The van der Waals surface area contributed by atoms with Crippen LogP contribution in [0.1, 0.15) is 27.0 Å². The normalized spacial score (nSPS) is 10.5. The van der Waals surface area contributed by atoms with Crippen LogP contribution in [-0.2, 0) is 16.2 Å². The predicted octanol–water partition coefficient (Wildman–Crippen LogP) is 2.77. The van der Waals surface area contributed by atoms with Crippen molar-refractivity contribution in [3.05, 3.63) is 89.0 Å². The van der Waals surface area contributed by atoms with Crippen LogP contribution in [-0.4, -0.2) is 31.0 Å². The molecule has 0 aliphatic carbocycles. The van der Waals surface area contributed by atoms with Gasteiger partial charge in [0.25, 0.3) is 0 Å². The minimum absolute atomic E-state index is 0.286. The van der Waals surface area contributed by atoms with E-state index in [4.69, 9.17) is 15.2 Å². The number of nitrogens with two attached hydrogens (primary N) is 1. The molecule has 3 rings (SSSR count). The molecule has 34 heavy (non-hydrogen) atoms. The monoisotopic (exact) mass is 460 g/mol. The van der Waals surface area contributed by atoms with E-state index in [-0.39, 0.29) is 5.56 Å². The van der Waals surface area contributed by atoms with Gasteiger partial charge in [-0.2, -0.15) is 5.10 Å². The van der Waals surface area contributed by atoms with E-state index in [0.717, 1.165) is 11.1 Å². The van der Waals surface area contributed by atoms with Gasteiger partial charge in [-0.1, -0.05) is 24.3 Å². The smallest absolute Gasteiger partial charge is 0.329 e. The second-order valence-corrected chi connectivity index (χ2v) is 7.22. The Morgan fingerprint density at radius 2 is 1.71 bits per heavy atom. The minimum Gasteiger partial charge on any atom is -0.493 e. The first-order chi connectivity index (χ1) is 16.4. The summed E-state index contributed by atoms with van der Waals surface area (Å²) >= 11 is 0. The van der Waals surface area contributed by atoms with E-state index in [1.807, 2.05) is 31.2 Å². The van der Waals surface area contributed by atoms with E-state index < -0.39 is 17.7 Å². The number of aryl methyl sites for hydroxylation is 1.